The Morgan fingerprint density at radius 3 is 2.90 bits per heavy atom. The zero-order valence-electron chi connectivity index (χ0n) is 5.83. The summed E-state index contributed by atoms with van der Waals surface area (Å²) >= 11 is 0. The second-order valence-electron chi connectivity index (χ2n) is 1.97. The van der Waals surface area contributed by atoms with Gasteiger partial charge in [-0.2, -0.15) is 5.10 Å². The van der Waals surface area contributed by atoms with Gasteiger partial charge in [-0.3, -0.25) is 4.68 Å². The van der Waals surface area contributed by atoms with Crippen molar-refractivity contribution in [2.75, 3.05) is 0 Å². The van der Waals surface area contributed by atoms with Crippen LogP contribution in [0.4, 0.5) is 5.82 Å². The van der Waals surface area contributed by atoms with E-state index in [1.165, 1.54) is 6.08 Å². The molecule has 4 heteroatoms. The first-order valence-electron chi connectivity index (χ1n) is 2.82. The van der Waals surface area contributed by atoms with Crippen molar-refractivity contribution in [1.29, 1.82) is 0 Å². The van der Waals surface area contributed by atoms with E-state index in [1.54, 1.807) is 17.8 Å². The van der Waals surface area contributed by atoms with Crippen molar-refractivity contribution in [3.8, 4) is 0 Å². The summed E-state index contributed by atoms with van der Waals surface area (Å²) in [6.45, 7) is 1.89. The molecule has 1 rings (SSSR count). The van der Waals surface area contributed by atoms with Crippen LogP contribution in [-0.2, 0) is 11.8 Å². The standard InChI is InChI=1S/C6H7N3O/c1-5-3-6(7-4-10)8-9(5)2/h3H,1-2H3. The molecule has 0 atom stereocenters. The molecule has 4 nitrogen and oxygen atoms in total. The largest absolute Gasteiger partial charge is 0.271 e. The minimum Gasteiger partial charge on any atom is -0.271 e. The third-order valence-corrected chi connectivity index (χ3v) is 1.26. The van der Waals surface area contributed by atoms with Gasteiger partial charge in [0.15, 0.2) is 5.82 Å². The summed E-state index contributed by atoms with van der Waals surface area (Å²) in [4.78, 5) is 13.1. The molecule has 52 valence electrons. The summed E-state index contributed by atoms with van der Waals surface area (Å²) in [5.74, 6) is 0.412. The van der Waals surface area contributed by atoms with Crippen molar-refractivity contribution in [2.24, 2.45) is 12.0 Å². The smallest absolute Gasteiger partial charge is 0.242 e. The van der Waals surface area contributed by atoms with Crippen LogP contribution in [0.1, 0.15) is 5.69 Å². The van der Waals surface area contributed by atoms with Crippen LogP contribution in [0, 0.1) is 6.92 Å². The highest BCUT2D eigenvalue weighted by molar-refractivity contribution is 5.44. The van der Waals surface area contributed by atoms with Crippen molar-refractivity contribution in [3.05, 3.63) is 11.8 Å². The molecule has 0 bridgehead atoms. The molecule has 0 saturated carbocycles. The minimum absolute atomic E-state index is 0.412. The van der Waals surface area contributed by atoms with E-state index in [2.05, 4.69) is 10.1 Å². The van der Waals surface area contributed by atoms with Crippen molar-refractivity contribution >= 4 is 11.9 Å². The SMILES string of the molecule is Cc1cc(N=C=O)nn1C. The maximum atomic E-state index is 9.75. The van der Waals surface area contributed by atoms with Gasteiger partial charge in [-0.15, -0.1) is 4.99 Å². The molecule has 0 unspecified atom stereocenters. The predicted molar refractivity (Wildman–Crippen MR) is 35.7 cm³/mol. The Morgan fingerprint density at radius 1 is 1.80 bits per heavy atom. The van der Waals surface area contributed by atoms with E-state index in [-0.39, 0.29) is 0 Å². The van der Waals surface area contributed by atoms with Crippen molar-refractivity contribution in [3.63, 3.8) is 0 Å². The fraction of sp³-hybridized carbons (Fsp3) is 0.333. The molecule has 0 radical (unpaired) electrons. The zero-order chi connectivity index (χ0) is 7.56. The monoisotopic (exact) mass is 137 g/mol. The number of aromatic nitrogens is 2. The Hall–Kier alpha value is -1.41. The Morgan fingerprint density at radius 2 is 2.50 bits per heavy atom. The Labute approximate surface area is 58.2 Å². The van der Waals surface area contributed by atoms with Crippen LogP contribution < -0.4 is 0 Å². The molecule has 1 aromatic rings. The summed E-state index contributed by atoms with van der Waals surface area (Å²) < 4.78 is 1.65. The molecule has 0 saturated heterocycles. The molecule has 10 heavy (non-hydrogen) atoms. The van der Waals surface area contributed by atoms with Gasteiger partial charge in [-0.25, -0.2) is 4.79 Å². The van der Waals surface area contributed by atoms with Crippen LogP contribution in [0.25, 0.3) is 0 Å². The average molecular weight is 137 g/mol. The number of aliphatic imine (C=N–C) groups is 1. The molecule has 1 heterocycles. The topological polar surface area (TPSA) is 47.2 Å². The van der Waals surface area contributed by atoms with Gasteiger partial charge in [-0.05, 0) is 6.92 Å². The number of carbonyl (C=O) groups excluding carboxylic acids is 1. The Balaban J connectivity index is 3.09. The quantitative estimate of drug-likeness (QED) is 0.422. The highest BCUT2D eigenvalue weighted by Gasteiger charge is 1.96. The number of rotatable bonds is 1. The molecule has 1 aromatic heterocycles. The van der Waals surface area contributed by atoms with Gasteiger partial charge in [-0.1, -0.05) is 0 Å². The first kappa shape index (κ1) is 6.71. The summed E-state index contributed by atoms with van der Waals surface area (Å²) in [5.41, 5.74) is 0.967. The zero-order valence-corrected chi connectivity index (χ0v) is 5.83. The summed E-state index contributed by atoms with van der Waals surface area (Å²) in [7, 11) is 1.79. The first-order valence-corrected chi connectivity index (χ1v) is 2.82. The molecular weight excluding hydrogens is 130 g/mol. The number of hydrogen-bond acceptors (Lipinski definition) is 3. The first-order chi connectivity index (χ1) is 4.74. The second kappa shape index (κ2) is 2.45. The average Bonchev–Trinajstić information content (AvgIpc) is 2.14. The fourth-order valence-electron chi connectivity index (χ4n) is 0.643. The molecule has 0 aliphatic heterocycles. The maximum Gasteiger partial charge on any atom is 0.242 e. The van der Waals surface area contributed by atoms with Crippen molar-refractivity contribution in [2.45, 2.75) is 6.92 Å². The highest BCUT2D eigenvalue weighted by Crippen LogP contribution is 2.08. The lowest BCUT2D eigenvalue weighted by molar-refractivity contribution is 0.565. The third kappa shape index (κ3) is 1.11. The van der Waals surface area contributed by atoms with E-state index in [1.807, 2.05) is 6.92 Å². The molecule has 0 amide bonds. The lowest BCUT2D eigenvalue weighted by atomic mass is 10.5. The molecule has 0 N–H and O–H groups in total. The van der Waals surface area contributed by atoms with Gasteiger partial charge in [0.2, 0.25) is 6.08 Å². The molecular formula is C6H7N3O. The van der Waals surface area contributed by atoms with E-state index in [9.17, 15) is 4.79 Å². The van der Waals surface area contributed by atoms with E-state index in [4.69, 9.17) is 0 Å². The van der Waals surface area contributed by atoms with Crippen molar-refractivity contribution in [1.82, 2.24) is 9.78 Å². The second-order valence-corrected chi connectivity index (χ2v) is 1.97. The van der Waals surface area contributed by atoms with E-state index in [0.717, 1.165) is 5.69 Å². The van der Waals surface area contributed by atoms with E-state index in [0.29, 0.717) is 5.82 Å². The highest BCUT2D eigenvalue weighted by atomic mass is 16.1. The van der Waals surface area contributed by atoms with Crippen LogP contribution in [0.2, 0.25) is 0 Å². The van der Waals surface area contributed by atoms with Gasteiger partial charge in [0.1, 0.15) is 0 Å². The fourth-order valence-corrected chi connectivity index (χ4v) is 0.643. The molecule has 0 fully saturated rings. The normalized spacial score (nSPS) is 9.00. The molecule has 0 aromatic carbocycles. The Bertz CT molecular complexity index is 264. The number of aryl methyl sites for hydroxylation is 2. The van der Waals surface area contributed by atoms with Crippen molar-refractivity contribution < 1.29 is 4.79 Å². The van der Waals surface area contributed by atoms with Crippen LogP contribution in [0.5, 0.6) is 0 Å². The van der Waals surface area contributed by atoms with Crippen LogP contribution in [0.15, 0.2) is 11.1 Å². The molecule has 0 aliphatic rings. The minimum atomic E-state index is 0.412. The van der Waals surface area contributed by atoms with Crippen LogP contribution in [-0.4, -0.2) is 15.9 Å². The summed E-state index contributed by atoms with van der Waals surface area (Å²) in [6, 6.07) is 1.71. The Kier molecular flexibility index (Phi) is 1.65. The third-order valence-electron chi connectivity index (χ3n) is 1.26. The molecule has 0 spiro atoms. The molecule has 0 aliphatic carbocycles. The van der Waals surface area contributed by atoms with Crippen LogP contribution >= 0.6 is 0 Å². The summed E-state index contributed by atoms with van der Waals surface area (Å²) in [5, 5.41) is 3.89. The van der Waals surface area contributed by atoms with Gasteiger partial charge >= 0.3 is 0 Å². The lowest BCUT2D eigenvalue weighted by Crippen LogP contribution is -1.90. The van der Waals surface area contributed by atoms with Gasteiger partial charge < -0.3 is 0 Å². The maximum absolute atomic E-state index is 9.75. The lowest BCUT2D eigenvalue weighted by Gasteiger charge is -1.87. The van der Waals surface area contributed by atoms with Gasteiger partial charge in [0.25, 0.3) is 0 Å². The van der Waals surface area contributed by atoms with Crippen LogP contribution in [0.3, 0.4) is 0 Å². The predicted octanol–water partition coefficient (Wildman–Crippen LogP) is 0.696. The summed E-state index contributed by atoms with van der Waals surface area (Å²) in [6.07, 6.45) is 1.42. The number of hydrogen-bond donors (Lipinski definition) is 0. The van der Waals surface area contributed by atoms with Gasteiger partial charge in [0, 0.05) is 18.8 Å². The van der Waals surface area contributed by atoms with Gasteiger partial charge in [0.05, 0.1) is 0 Å². The number of isocyanates is 1. The number of nitrogens with zero attached hydrogens (tertiary/aromatic N) is 3. The van der Waals surface area contributed by atoms with E-state index < -0.39 is 0 Å². The van der Waals surface area contributed by atoms with E-state index >= 15 is 0 Å².